The molecule has 0 fully saturated rings. The van der Waals surface area contributed by atoms with E-state index in [1.807, 2.05) is 13.0 Å². The van der Waals surface area contributed by atoms with E-state index in [9.17, 15) is 9.59 Å². The molecule has 1 atom stereocenters. The third kappa shape index (κ3) is 3.87. The number of aryl methyl sites for hydroxylation is 1. The summed E-state index contributed by atoms with van der Waals surface area (Å²) in [6.45, 7) is 3.58. The Hall–Kier alpha value is -2.24. The molecule has 1 N–H and O–H groups in total. The van der Waals surface area contributed by atoms with E-state index in [-0.39, 0.29) is 0 Å². The van der Waals surface area contributed by atoms with E-state index in [2.05, 4.69) is 0 Å². The molecule has 21 heavy (non-hydrogen) atoms. The van der Waals surface area contributed by atoms with Crippen molar-refractivity contribution in [2.45, 2.75) is 20.4 Å². The predicted molar refractivity (Wildman–Crippen MR) is 77.6 cm³/mol. The normalized spacial score (nSPS) is 11.7. The lowest BCUT2D eigenvalue weighted by Crippen LogP contribution is -2.35. The van der Waals surface area contributed by atoms with Crippen molar-refractivity contribution >= 4 is 11.9 Å². The van der Waals surface area contributed by atoms with Crippen molar-refractivity contribution < 1.29 is 24.2 Å². The number of carbonyl (C=O) groups excluding carboxylic acids is 1. The molecule has 1 unspecified atom stereocenters. The monoisotopic (exact) mass is 295 g/mol. The summed E-state index contributed by atoms with van der Waals surface area (Å²) in [7, 11) is 4.68. The van der Waals surface area contributed by atoms with Crippen LogP contribution in [0.3, 0.4) is 0 Å². The van der Waals surface area contributed by atoms with E-state index in [1.165, 1.54) is 11.8 Å². The summed E-state index contributed by atoms with van der Waals surface area (Å²) in [6.07, 6.45) is 0. The molecule has 0 aliphatic rings. The molecule has 0 spiro atoms. The lowest BCUT2D eigenvalue weighted by atomic mass is 10.1. The van der Waals surface area contributed by atoms with Gasteiger partial charge in [0.05, 0.1) is 14.2 Å². The molecule has 6 nitrogen and oxygen atoms in total. The van der Waals surface area contributed by atoms with Crippen LogP contribution in [0.4, 0.5) is 0 Å². The van der Waals surface area contributed by atoms with Gasteiger partial charge in [0.25, 0.3) is 0 Å². The number of carboxylic acid groups (broad SMARTS) is 1. The number of rotatable bonds is 6. The quantitative estimate of drug-likeness (QED) is 0.808. The molecule has 0 saturated heterocycles. The van der Waals surface area contributed by atoms with Crippen molar-refractivity contribution in [1.82, 2.24) is 4.90 Å². The van der Waals surface area contributed by atoms with Crippen LogP contribution in [0.15, 0.2) is 12.1 Å². The molecule has 0 radical (unpaired) electrons. The topological polar surface area (TPSA) is 76.1 Å². The molecular formula is C15H21NO5. The van der Waals surface area contributed by atoms with Gasteiger partial charge in [-0.1, -0.05) is 0 Å². The zero-order chi connectivity index (χ0) is 16.2. The van der Waals surface area contributed by atoms with Crippen LogP contribution >= 0.6 is 0 Å². The van der Waals surface area contributed by atoms with Gasteiger partial charge in [-0.25, -0.2) is 0 Å². The fourth-order valence-corrected chi connectivity index (χ4v) is 1.96. The fraction of sp³-hybridized carbons (Fsp3) is 0.467. The van der Waals surface area contributed by atoms with Crippen LogP contribution in [-0.2, 0) is 16.1 Å². The summed E-state index contributed by atoms with van der Waals surface area (Å²) < 4.78 is 10.4. The Morgan fingerprint density at radius 2 is 1.76 bits per heavy atom. The van der Waals surface area contributed by atoms with Crippen molar-refractivity contribution in [3.8, 4) is 11.5 Å². The summed E-state index contributed by atoms with van der Waals surface area (Å²) >= 11 is 0. The van der Waals surface area contributed by atoms with Gasteiger partial charge in [-0.2, -0.15) is 0 Å². The van der Waals surface area contributed by atoms with Gasteiger partial charge in [-0.15, -0.1) is 0 Å². The maximum atomic E-state index is 12.0. The molecule has 116 valence electrons. The minimum absolute atomic E-state index is 0.308. The minimum Gasteiger partial charge on any atom is -0.493 e. The van der Waals surface area contributed by atoms with E-state index in [4.69, 9.17) is 14.6 Å². The van der Waals surface area contributed by atoms with Crippen molar-refractivity contribution in [2.24, 2.45) is 5.92 Å². The van der Waals surface area contributed by atoms with E-state index in [0.717, 1.165) is 11.1 Å². The zero-order valence-corrected chi connectivity index (χ0v) is 13.0. The Labute approximate surface area is 124 Å². The number of carboxylic acids is 1. The Kier molecular flexibility index (Phi) is 5.58. The van der Waals surface area contributed by atoms with Crippen molar-refractivity contribution in [1.29, 1.82) is 0 Å². The largest absolute Gasteiger partial charge is 0.493 e. The summed E-state index contributed by atoms with van der Waals surface area (Å²) in [5, 5.41) is 8.89. The van der Waals surface area contributed by atoms with Crippen LogP contribution in [0.5, 0.6) is 11.5 Å². The second-order valence-corrected chi connectivity index (χ2v) is 4.89. The van der Waals surface area contributed by atoms with Gasteiger partial charge in [0.2, 0.25) is 5.91 Å². The minimum atomic E-state index is -1.13. The molecule has 1 aromatic carbocycles. The summed E-state index contributed by atoms with van der Waals surface area (Å²) in [5.41, 5.74) is 1.82. The third-order valence-corrected chi connectivity index (χ3v) is 3.37. The van der Waals surface area contributed by atoms with E-state index in [1.54, 1.807) is 27.3 Å². The summed E-state index contributed by atoms with van der Waals surface area (Å²) in [6, 6.07) is 3.62. The summed E-state index contributed by atoms with van der Waals surface area (Å²) in [5.74, 6) is -1.43. The fourth-order valence-electron chi connectivity index (χ4n) is 1.96. The molecule has 0 bridgehead atoms. The van der Waals surface area contributed by atoms with Gasteiger partial charge < -0.3 is 19.5 Å². The molecule has 0 aliphatic carbocycles. The highest BCUT2D eigenvalue weighted by molar-refractivity contribution is 5.96. The first-order valence-electron chi connectivity index (χ1n) is 6.51. The molecule has 0 saturated carbocycles. The second-order valence-electron chi connectivity index (χ2n) is 4.89. The molecule has 6 heteroatoms. The molecule has 1 rings (SSSR count). The zero-order valence-electron chi connectivity index (χ0n) is 13.0. The van der Waals surface area contributed by atoms with Crippen molar-refractivity contribution in [3.05, 3.63) is 23.3 Å². The average Bonchev–Trinajstić information content (AvgIpc) is 2.46. The highest BCUT2D eigenvalue weighted by atomic mass is 16.5. The Morgan fingerprint density at radius 1 is 1.24 bits per heavy atom. The molecule has 1 amide bonds. The van der Waals surface area contributed by atoms with Gasteiger partial charge in [0, 0.05) is 13.6 Å². The lowest BCUT2D eigenvalue weighted by Gasteiger charge is -2.21. The average molecular weight is 295 g/mol. The highest BCUT2D eigenvalue weighted by Gasteiger charge is 2.24. The van der Waals surface area contributed by atoms with Crippen LogP contribution in [0, 0.1) is 12.8 Å². The maximum absolute atomic E-state index is 12.0. The van der Waals surface area contributed by atoms with Crippen molar-refractivity contribution in [2.75, 3.05) is 21.3 Å². The number of ether oxygens (including phenoxy) is 2. The van der Waals surface area contributed by atoms with Crippen LogP contribution in [-0.4, -0.2) is 43.2 Å². The third-order valence-electron chi connectivity index (χ3n) is 3.37. The molecule has 0 aromatic heterocycles. The second kappa shape index (κ2) is 6.97. The van der Waals surface area contributed by atoms with Gasteiger partial charge in [0.15, 0.2) is 11.5 Å². The number of methoxy groups -OCH3 is 2. The van der Waals surface area contributed by atoms with Crippen molar-refractivity contribution in [3.63, 3.8) is 0 Å². The van der Waals surface area contributed by atoms with Gasteiger partial charge in [-0.3, -0.25) is 9.59 Å². The maximum Gasteiger partial charge on any atom is 0.315 e. The first-order valence-corrected chi connectivity index (χ1v) is 6.51. The lowest BCUT2D eigenvalue weighted by molar-refractivity contribution is -0.149. The number of hydrogen-bond donors (Lipinski definition) is 1. The number of aliphatic carboxylic acids is 1. The van der Waals surface area contributed by atoms with Gasteiger partial charge >= 0.3 is 5.97 Å². The first-order chi connectivity index (χ1) is 9.81. The molecule has 1 aromatic rings. The van der Waals surface area contributed by atoms with E-state index in [0.29, 0.717) is 18.0 Å². The molecular weight excluding hydrogens is 274 g/mol. The Morgan fingerprint density at radius 3 is 2.24 bits per heavy atom. The predicted octanol–water partition coefficient (Wildman–Crippen LogP) is 1.69. The molecule has 0 heterocycles. The Bertz CT molecular complexity index is 541. The van der Waals surface area contributed by atoms with Crippen LogP contribution < -0.4 is 9.47 Å². The highest BCUT2D eigenvalue weighted by Crippen LogP contribution is 2.30. The van der Waals surface area contributed by atoms with Crippen LogP contribution in [0.2, 0.25) is 0 Å². The van der Waals surface area contributed by atoms with Gasteiger partial charge in [-0.05, 0) is 37.1 Å². The standard InChI is InChI=1S/C15H21NO5/c1-9-6-12(20-4)13(21-5)7-11(9)8-16(3)14(17)10(2)15(18)19/h6-7,10H,8H2,1-5H3,(H,18,19). The van der Waals surface area contributed by atoms with Crippen LogP contribution in [0.25, 0.3) is 0 Å². The summed E-state index contributed by atoms with van der Waals surface area (Å²) in [4.78, 5) is 24.2. The number of nitrogens with zero attached hydrogens (tertiary/aromatic N) is 1. The van der Waals surface area contributed by atoms with Crippen LogP contribution in [0.1, 0.15) is 18.1 Å². The van der Waals surface area contributed by atoms with E-state index < -0.39 is 17.8 Å². The van der Waals surface area contributed by atoms with Gasteiger partial charge in [0.1, 0.15) is 5.92 Å². The number of hydrogen-bond acceptors (Lipinski definition) is 4. The smallest absolute Gasteiger partial charge is 0.315 e. The van der Waals surface area contributed by atoms with E-state index >= 15 is 0 Å². The molecule has 0 aliphatic heterocycles. The number of amides is 1. The Balaban J connectivity index is 2.97. The number of benzene rings is 1. The number of carbonyl (C=O) groups is 2. The SMILES string of the molecule is COc1cc(C)c(CN(C)C(=O)C(C)C(=O)O)cc1OC. The first kappa shape index (κ1) is 16.8.